The largest absolute Gasteiger partial charge is 0.497 e. The molecule has 21 heavy (non-hydrogen) atoms. The van der Waals surface area contributed by atoms with E-state index in [9.17, 15) is 0 Å². The Hall–Kier alpha value is -1.81. The maximum absolute atomic E-state index is 6.40. The monoisotopic (exact) mass is 303 g/mol. The Balaban J connectivity index is 2.16. The van der Waals surface area contributed by atoms with Crippen LogP contribution in [0.1, 0.15) is 37.1 Å². The molecule has 0 amide bonds. The van der Waals surface area contributed by atoms with E-state index in [1.165, 1.54) is 0 Å². The second-order valence-corrected chi connectivity index (χ2v) is 5.67. The number of aromatic nitrogens is 2. The number of ether oxygens (including phenoxy) is 1. The molecule has 3 rings (SSSR count). The molecule has 2 aromatic rings. The van der Waals surface area contributed by atoms with Crippen LogP contribution < -0.4 is 10.5 Å². The van der Waals surface area contributed by atoms with E-state index in [0.29, 0.717) is 16.8 Å². The number of aryl methyl sites for hydroxylation is 1. The van der Waals surface area contributed by atoms with E-state index in [2.05, 4.69) is 4.98 Å². The van der Waals surface area contributed by atoms with Crippen molar-refractivity contribution in [2.45, 2.75) is 32.1 Å². The van der Waals surface area contributed by atoms with Crippen molar-refractivity contribution >= 4 is 17.4 Å². The summed E-state index contributed by atoms with van der Waals surface area (Å²) in [6.07, 6.45) is 3.03. The molecule has 4 nitrogen and oxygen atoms in total. The van der Waals surface area contributed by atoms with E-state index in [1.807, 2.05) is 19.1 Å². The lowest BCUT2D eigenvalue weighted by Gasteiger charge is -2.13. The van der Waals surface area contributed by atoms with Gasteiger partial charge in [0.05, 0.1) is 29.2 Å². The summed E-state index contributed by atoms with van der Waals surface area (Å²) in [5.41, 5.74) is 9.54. The van der Waals surface area contributed by atoms with Crippen LogP contribution in [0.2, 0.25) is 5.02 Å². The second kappa shape index (κ2) is 5.53. The van der Waals surface area contributed by atoms with Crippen LogP contribution in [0, 0.1) is 0 Å². The van der Waals surface area contributed by atoms with Gasteiger partial charge in [-0.1, -0.05) is 18.5 Å². The first kappa shape index (κ1) is 14.1. The van der Waals surface area contributed by atoms with E-state index in [1.54, 1.807) is 13.2 Å². The van der Waals surface area contributed by atoms with Gasteiger partial charge in [0.25, 0.3) is 0 Å². The van der Waals surface area contributed by atoms with Crippen molar-refractivity contribution in [3.8, 4) is 17.0 Å². The highest BCUT2D eigenvalue weighted by atomic mass is 35.5. The molecule has 1 aliphatic carbocycles. The van der Waals surface area contributed by atoms with Crippen molar-refractivity contribution in [1.29, 1.82) is 0 Å². The predicted molar refractivity (Wildman–Crippen MR) is 84.8 cm³/mol. The fourth-order valence-electron chi connectivity index (χ4n) is 2.41. The minimum absolute atomic E-state index is 0.457. The van der Waals surface area contributed by atoms with Crippen molar-refractivity contribution in [3.05, 3.63) is 34.6 Å². The molecule has 1 fully saturated rings. The Kier molecular flexibility index (Phi) is 3.72. The Labute approximate surface area is 129 Å². The summed E-state index contributed by atoms with van der Waals surface area (Å²) < 4.78 is 5.20. The smallest absolute Gasteiger partial charge is 0.145 e. The molecule has 1 aromatic heterocycles. The van der Waals surface area contributed by atoms with E-state index in [0.717, 1.165) is 47.7 Å². The fraction of sp³-hybridized carbons (Fsp3) is 0.375. The van der Waals surface area contributed by atoms with Crippen LogP contribution in [0.4, 0.5) is 5.82 Å². The number of nitrogens with zero attached hydrogens (tertiary/aromatic N) is 2. The highest BCUT2D eigenvalue weighted by Gasteiger charge is 2.30. The molecule has 1 heterocycles. The van der Waals surface area contributed by atoms with Crippen molar-refractivity contribution in [3.63, 3.8) is 0 Å². The highest BCUT2D eigenvalue weighted by molar-refractivity contribution is 6.33. The first-order valence-electron chi connectivity index (χ1n) is 7.14. The average molecular weight is 304 g/mol. The number of halogens is 1. The predicted octanol–water partition coefficient (Wildman–Crippen LogP) is 3.83. The second-order valence-electron chi connectivity index (χ2n) is 5.26. The number of methoxy groups -OCH3 is 1. The number of rotatable bonds is 4. The zero-order valence-electron chi connectivity index (χ0n) is 12.2. The van der Waals surface area contributed by atoms with Crippen LogP contribution in [0.5, 0.6) is 5.75 Å². The molecule has 2 N–H and O–H groups in total. The zero-order chi connectivity index (χ0) is 15.0. The van der Waals surface area contributed by atoms with Gasteiger partial charge < -0.3 is 10.5 Å². The van der Waals surface area contributed by atoms with E-state index < -0.39 is 0 Å². The number of hydrogen-bond donors (Lipinski definition) is 1. The minimum Gasteiger partial charge on any atom is -0.497 e. The van der Waals surface area contributed by atoms with Crippen molar-refractivity contribution in [1.82, 2.24) is 9.97 Å². The quantitative estimate of drug-likeness (QED) is 0.932. The van der Waals surface area contributed by atoms with Gasteiger partial charge >= 0.3 is 0 Å². The number of benzene rings is 1. The topological polar surface area (TPSA) is 61.0 Å². The SMILES string of the molecule is CCc1nc(-c2ccc(OC)cc2Cl)c(C2CC2)nc1N. The fourth-order valence-corrected chi connectivity index (χ4v) is 2.67. The van der Waals surface area contributed by atoms with Crippen LogP contribution in [-0.2, 0) is 6.42 Å². The van der Waals surface area contributed by atoms with Crippen LogP contribution in [-0.4, -0.2) is 17.1 Å². The molecule has 0 saturated heterocycles. The summed E-state index contributed by atoms with van der Waals surface area (Å²) in [5, 5.41) is 0.623. The summed E-state index contributed by atoms with van der Waals surface area (Å²) in [6, 6.07) is 5.63. The highest BCUT2D eigenvalue weighted by Crippen LogP contribution is 2.44. The van der Waals surface area contributed by atoms with Gasteiger partial charge in [-0.2, -0.15) is 0 Å². The lowest BCUT2D eigenvalue weighted by molar-refractivity contribution is 0.415. The third-order valence-electron chi connectivity index (χ3n) is 3.76. The van der Waals surface area contributed by atoms with Gasteiger partial charge in [0.2, 0.25) is 0 Å². The first-order chi connectivity index (χ1) is 10.1. The molecule has 1 aromatic carbocycles. The van der Waals surface area contributed by atoms with E-state index in [4.69, 9.17) is 27.1 Å². The van der Waals surface area contributed by atoms with Crippen molar-refractivity contribution in [2.24, 2.45) is 0 Å². The molecule has 0 atom stereocenters. The van der Waals surface area contributed by atoms with Gasteiger partial charge in [-0.15, -0.1) is 0 Å². The molecular formula is C16H18ClN3O. The number of nitrogens with two attached hydrogens (primary N) is 1. The third kappa shape index (κ3) is 2.68. The molecule has 0 spiro atoms. The Morgan fingerprint density at radius 3 is 2.67 bits per heavy atom. The van der Waals surface area contributed by atoms with E-state index >= 15 is 0 Å². The lowest BCUT2D eigenvalue weighted by atomic mass is 10.1. The van der Waals surface area contributed by atoms with Crippen molar-refractivity contribution < 1.29 is 4.74 Å². The Morgan fingerprint density at radius 2 is 2.10 bits per heavy atom. The number of anilines is 1. The summed E-state index contributed by atoms with van der Waals surface area (Å²) in [7, 11) is 1.62. The minimum atomic E-state index is 0.457. The number of nitrogen functional groups attached to an aromatic ring is 1. The molecule has 0 radical (unpaired) electrons. The van der Waals surface area contributed by atoms with Crippen LogP contribution in [0.15, 0.2) is 18.2 Å². The van der Waals surface area contributed by atoms with Gasteiger partial charge in [0.15, 0.2) is 0 Å². The molecule has 5 heteroatoms. The summed E-state index contributed by atoms with van der Waals surface area (Å²) in [5.74, 6) is 1.72. The van der Waals surface area contributed by atoms with Gasteiger partial charge in [-0.25, -0.2) is 9.97 Å². The summed E-state index contributed by atoms with van der Waals surface area (Å²) in [6.45, 7) is 2.02. The first-order valence-corrected chi connectivity index (χ1v) is 7.52. The average Bonchev–Trinajstić information content (AvgIpc) is 3.32. The molecular weight excluding hydrogens is 286 g/mol. The van der Waals surface area contributed by atoms with Crippen molar-refractivity contribution in [2.75, 3.05) is 12.8 Å². The molecule has 110 valence electrons. The van der Waals surface area contributed by atoms with Gasteiger partial charge in [-0.05, 0) is 37.5 Å². The Bertz CT molecular complexity index is 683. The summed E-state index contributed by atoms with van der Waals surface area (Å²) in [4.78, 5) is 9.32. The molecule has 0 unspecified atom stereocenters. The summed E-state index contributed by atoms with van der Waals surface area (Å²) >= 11 is 6.40. The van der Waals surface area contributed by atoms with Crippen LogP contribution >= 0.6 is 11.6 Å². The van der Waals surface area contributed by atoms with Crippen LogP contribution in [0.3, 0.4) is 0 Å². The standard InChI is InChI=1S/C16H18ClN3O/c1-3-13-16(18)20-14(9-4-5-9)15(19-13)11-7-6-10(21-2)8-12(11)17/h6-9H,3-5H2,1-2H3,(H2,18,20). The van der Waals surface area contributed by atoms with Gasteiger partial charge in [-0.3, -0.25) is 0 Å². The maximum atomic E-state index is 6.40. The van der Waals surface area contributed by atoms with E-state index in [-0.39, 0.29) is 0 Å². The molecule has 1 aliphatic rings. The molecule has 0 bridgehead atoms. The Morgan fingerprint density at radius 1 is 1.33 bits per heavy atom. The molecule has 0 aliphatic heterocycles. The third-order valence-corrected chi connectivity index (χ3v) is 4.07. The lowest BCUT2D eigenvalue weighted by Crippen LogP contribution is -2.06. The van der Waals surface area contributed by atoms with Gasteiger partial charge in [0, 0.05) is 11.5 Å². The zero-order valence-corrected chi connectivity index (χ0v) is 12.9. The van der Waals surface area contributed by atoms with Gasteiger partial charge in [0.1, 0.15) is 11.6 Å². The maximum Gasteiger partial charge on any atom is 0.145 e. The normalized spacial score (nSPS) is 14.2. The number of hydrogen-bond acceptors (Lipinski definition) is 4. The molecule has 1 saturated carbocycles. The van der Waals surface area contributed by atoms with Crippen LogP contribution in [0.25, 0.3) is 11.3 Å².